The molecule has 1 aliphatic heterocycles. The van der Waals surface area contributed by atoms with Crippen LogP contribution in [0.2, 0.25) is 0 Å². The zero-order valence-electron chi connectivity index (χ0n) is 8.48. The van der Waals surface area contributed by atoms with Crippen LogP contribution in [0.3, 0.4) is 0 Å². The van der Waals surface area contributed by atoms with Crippen molar-refractivity contribution < 1.29 is 14.6 Å². The second-order valence-electron chi connectivity index (χ2n) is 3.78. The number of benzene rings is 1. The molecule has 3 nitrogen and oxygen atoms in total. The fraction of sp³-hybridized carbons (Fsp3) is 0.417. The third-order valence-electron chi connectivity index (χ3n) is 2.64. The highest BCUT2D eigenvalue weighted by molar-refractivity contribution is 5.55. The van der Waals surface area contributed by atoms with Crippen LogP contribution >= 0.6 is 0 Å². The van der Waals surface area contributed by atoms with Crippen LogP contribution in [0.1, 0.15) is 17.5 Å². The Kier molecular flexibility index (Phi) is 3.02. The van der Waals surface area contributed by atoms with Crippen LogP contribution in [0.4, 0.5) is 0 Å². The Morgan fingerprint density at radius 3 is 3.20 bits per heavy atom. The van der Waals surface area contributed by atoms with Gasteiger partial charge >= 0.3 is 0 Å². The largest absolute Gasteiger partial charge is 0.493 e. The van der Waals surface area contributed by atoms with Gasteiger partial charge in [-0.3, -0.25) is 0 Å². The lowest BCUT2D eigenvalue weighted by Gasteiger charge is -2.05. The van der Waals surface area contributed by atoms with Crippen molar-refractivity contribution in [3.05, 3.63) is 29.3 Å². The van der Waals surface area contributed by atoms with Gasteiger partial charge in [0.25, 0.3) is 0 Å². The Hall–Kier alpha value is -1.35. The molecule has 1 aromatic rings. The minimum atomic E-state index is -0.838. The summed E-state index contributed by atoms with van der Waals surface area (Å²) in [4.78, 5) is 10.2. The van der Waals surface area contributed by atoms with E-state index in [9.17, 15) is 4.79 Å². The molecule has 0 saturated heterocycles. The molecule has 0 aliphatic carbocycles. The normalized spacial score (nSPS) is 15.5. The highest BCUT2D eigenvalue weighted by Crippen LogP contribution is 2.26. The number of aldehydes is 1. The fourth-order valence-corrected chi connectivity index (χ4v) is 1.78. The lowest BCUT2D eigenvalue weighted by Crippen LogP contribution is -2.08. The SMILES string of the molecule is O=CC(O)CCc1ccc2c(c1)CCO2. The van der Waals surface area contributed by atoms with E-state index in [1.807, 2.05) is 12.1 Å². The third-order valence-corrected chi connectivity index (χ3v) is 2.64. The average molecular weight is 206 g/mol. The van der Waals surface area contributed by atoms with Crippen molar-refractivity contribution in [1.29, 1.82) is 0 Å². The van der Waals surface area contributed by atoms with Crippen LogP contribution in [0.25, 0.3) is 0 Å². The van der Waals surface area contributed by atoms with Gasteiger partial charge in [0.1, 0.15) is 18.1 Å². The molecule has 1 unspecified atom stereocenters. The Morgan fingerprint density at radius 1 is 1.53 bits per heavy atom. The molecular weight excluding hydrogens is 192 g/mol. The zero-order valence-corrected chi connectivity index (χ0v) is 8.48. The molecular formula is C12H14O3. The molecule has 0 amide bonds. The molecule has 3 heteroatoms. The molecule has 80 valence electrons. The third kappa shape index (κ3) is 2.36. The maximum absolute atomic E-state index is 10.2. The van der Waals surface area contributed by atoms with Gasteiger partial charge in [-0.15, -0.1) is 0 Å². The first kappa shape index (κ1) is 10.2. The van der Waals surface area contributed by atoms with Gasteiger partial charge in [-0.05, 0) is 30.0 Å². The molecule has 1 heterocycles. The summed E-state index contributed by atoms with van der Waals surface area (Å²) in [5, 5.41) is 9.12. The number of carbonyl (C=O) groups is 1. The molecule has 0 radical (unpaired) electrons. The molecule has 1 aromatic carbocycles. The van der Waals surface area contributed by atoms with E-state index in [0.29, 0.717) is 12.7 Å². The van der Waals surface area contributed by atoms with Crippen LogP contribution in [-0.2, 0) is 17.6 Å². The molecule has 1 aliphatic rings. The molecule has 0 aromatic heterocycles. The summed E-state index contributed by atoms with van der Waals surface area (Å²) in [5.74, 6) is 0.967. The minimum absolute atomic E-state index is 0.489. The van der Waals surface area contributed by atoms with Gasteiger partial charge in [0.05, 0.1) is 6.61 Å². The molecule has 2 rings (SSSR count). The quantitative estimate of drug-likeness (QED) is 0.751. The second kappa shape index (κ2) is 4.45. The standard InChI is InChI=1S/C12H14O3/c13-8-11(14)3-1-9-2-4-12-10(7-9)5-6-15-12/h2,4,7-8,11,14H,1,3,5-6H2. The van der Waals surface area contributed by atoms with E-state index in [1.165, 1.54) is 5.56 Å². The van der Waals surface area contributed by atoms with Gasteiger partial charge in [0.15, 0.2) is 0 Å². The van der Waals surface area contributed by atoms with E-state index < -0.39 is 6.10 Å². The van der Waals surface area contributed by atoms with E-state index >= 15 is 0 Å². The molecule has 1 N–H and O–H groups in total. The maximum atomic E-state index is 10.2. The van der Waals surface area contributed by atoms with Gasteiger partial charge in [0.2, 0.25) is 0 Å². The van der Waals surface area contributed by atoms with E-state index in [-0.39, 0.29) is 0 Å². The predicted molar refractivity (Wildman–Crippen MR) is 56.0 cm³/mol. The Balaban J connectivity index is 2.00. The van der Waals surface area contributed by atoms with Crippen molar-refractivity contribution >= 4 is 6.29 Å². The number of hydrogen-bond donors (Lipinski definition) is 1. The second-order valence-corrected chi connectivity index (χ2v) is 3.78. The van der Waals surface area contributed by atoms with Crippen LogP contribution in [0.5, 0.6) is 5.75 Å². The van der Waals surface area contributed by atoms with Crippen LogP contribution < -0.4 is 4.74 Å². The van der Waals surface area contributed by atoms with E-state index in [1.54, 1.807) is 0 Å². The van der Waals surface area contributed by atoms with Crippen LogP contribution in [0, 0.1) is 0 Å². The minimum Gasteiger partial charge on any atom is -0.493 e. The summed E-state index contributed by atoms with van der Waals surface area (Å²) in [6.45, 7) is 0.760. The number of aryl methyl sites for hydroxylation is 1. The first-order chi connectivity index (χ1) is 7.29. The van der Waals surface area contributed by atoms with E-state index in [0.717, 1.165) is 30.8 Å². The first-order valence-electron chi connectivity index (χ1n) is 5.17. The van der Waals surface area contributed by atoms with Gasteiger partial charge in [-0.1, -0.05) is 12.1 Å². The lowest BCUT2D eigenvalue weighted by molar-refractivity contribution is -0.115. The molecule has 0 bridgehead atoms. The van der Waals surface area contributed by atoms with Crippen molar-refractivity contribution in [2.45, 2.75) is 25.4 Å². The zero-order chi connectivity index (χ0) is 10.7. The maximum Gasteiger partial charge on any atom is 0.148 e. The summed E-state index contributed by atoms with van der Waals surface area (Å²) in [5.41, 5.74) is 2.38. The summed E-state index contributed by atoms with van der Waals surface area (Å²) < 4.78 is 5.39. The summed E-state index contributed by atoms with van der Waals surface area (Å²) in [6.07, 6.45) is 1.92. The van der Waals surface area contributed by atoms with Crippen molar-refractivity contribution in [3.63, 3.8) is 0 Å². The first-order valence-corrected chi connectivity index (χ1v) is 5.17. The summed E-state index contributed by atoms with van der Waals surface area (Å²) >= 11 is 0. The number of rotatable bonds is 4. The van der Waals surface area contributed by atoms with Crippen LogP contribution in [-0.4, -0.2) is 24.1 Å². The Labute approximate surface area is 88.7 Å². The number of fused-ring (bicyclic) bond motifs is 1. The van der Waals surface area contributed by atoms with Crippen molar-refractivity contribution in [1.82, 2.24) is 0 Å². The molecule has 0 fully saturated rings. The topological polar surface area (TPSA) is 46.5 Å². The summed E-state index contributed by atoms with van der Waals surface area (Å²) in [6, 6.07) is 6.05. The van der Waals surface area contributed by atoms with Gasteiger partial charge in [-0.25, -0.2) is 0 Å². The van der Waals surface area contributed by atoms with Crippen molar-refractivity contribution in [3.8, 4) is 5.75 Å². The monoisotopic (exact) mass is 206 g/mol. The van der Waals surface area contributed by atoms with Crippen molar-refractivity contribution in [2.24, 2.45) is 0 Å². The van der Waals surface area contributed by atoms with E-state index in [4.69, 9.17) is 9.84 Å². The van der Waals surface area contributed by atoms with E-state index in [2.05, 4.69) is 6.07 Å². The average Bonchev–Trinajstić information content (AvgIpc) is 2.72. The number of aliphatic hydroxyl groups excluding tert-OH is 1. The van der Waals surface area contributed by atoms with Gasteiger partial charge in [0, 0.05) is 6.42 Å². The molecule has 0 spiro atoms. The smallest absolute Gasteiger partial charge is 0.148 e. The van der Waals surface area contributed by atoms with Gasteiger partial charge < -0.3 is 14.6 Å². The fourth-order valence-electron chi connectivity index (χ4n) is 1.78. The molecule has 1 atom stereocenters. The highest BCUT2D eigenvalue weighted by Gasteiger charge is 2.12. The molecule has 0 saturated carbocycles. The van der Waals surface area contributed by atoms with Crippen LogP contribution in [0.15, 0.2) is 18.2 Å². The number of hydrogen-bond acceptors (Lipinski definition) is 3. The molecule has 15 heavy (non-hydrogen) atoms. The number of carbonyl (C=O) groups excluding carboxylic acids is 1. The Bertz CT molecular complexity index is 360. The Morgan fingerprint density at radius 2 is 2.40 bits per heavy atom. The number of ether oxygens (including phenoxy) is 1. The summed E-state index contributed by atoms with van der Waals surface area (Å²) in [7, 11) is 0. The lowest BCUT2D eigenvalue weighted by atomic mass is 10.0. The van der Waals surface area contributed by atoms with Gasteiger partial charge in [-0.2, -0.15) is 0 Å². The van der Waals surface area contributed by atoms with Crippen molar-refractivity contribution in [2.75, 3.05) is 6.61 Å². The number of aliphatic hydroxyl groups is 1. The highest BCUT2D eigenvalue weighted by atomic mass is 16.5. The predicted octanol–water partition coefficient (Wildman–Crippen LogP) is 1.11.